The lowest BCUT2D eigenvalue weighted by Gasteiger charge is -2.30. The molecule has 12 heteroatoms. The number of likely N-dealkylation sites (N-methyl/N-ethyl adjacent to an activating group) is 1. The van der Waals surface area contributed by atoms with Crippen LogP contribution in [0.4, 0.5) is 0 Å². The first-order valence-corrected chi connectivity index (χ1v) is 15.6. The smallest absolute Gasteiger partial charge is 0.256 e. The molecule has 3 rings (SSSR count). The van der Waals surface area contributed by atoms with Crippen LogP contribution in [0, 0.1) is 19.8 Å². The summed E-state index contributed by atoms with van der Waals surface area (Å²) < 4.78 is 28.5. The number of carbonyl (C=O) groups is 3. The highest BCUT2D eigenvalue weighted by Gasteiger charge is 2.33. The maximum Gasteiger partial charge on any atom is 0.256 e. The van der Waals surface area contributed by atoms with Crippen molar-refractivity contribution >= 4 is 27.7 Å². The SMILES string of the molecule is CCCCS(=O)(=O)NC(=O)C(NC(=O)C(Cc1ccc(-n2cncn2)cc1)N(C)C(=O)c1cc(C)cc(C)c1)C(C)C. The Morgan fingerprint density at radius 1 is 1.00 bits per heavy atom. The Hall–Kier alpha value is -4.06. The van der Waals surface area contributed by atoms with Crippen molar-refractivity contribution in [3.63, 3.8) is 0 Å². The van der Waals surface area contributed by atoms with Gasteiger partial charge in [-0.2, -0.15) is 5.10 Å². The number of aryl methyl sites for hydroxylation is 2. The molecule has 1 heterocycles. The third-order valence-corrected chi connectivity index (χ3v) is 8.22. The zero-order valence-electron chi connectivity index (χ0n) is 25.0. The zero-order valence-corrected chi connectivity index (χ0v) is 25.8. The van der Waals surface area contributed by atoms with Gasteiger partial charge in [-0.3, -0.25) is 19.1 Å². The second-order valence-electron chi connectivity index (χ2n) is 10.9. The molecule has 0 saturated heterocycles. The van der Waals surface area contributed by atoms with Gasteiger partial charge in [0.15, 0.2) is 0 Å². The number of hydrogen-bond acceptors (Lipinski definition) is 7. The van der Waals surface area contributed by atoms with Crippen LogP contribution in [0.5, 0.6) is 0 Å². The summed E-state index contributed by atoms with van der Waals surface area (Å²) in [4.78, 5) is 45.8. The van der Waals surface area contributed by atoms with Gasteiger partial charge in [-0.1, -0.05) is 56.5 Å². The van der Waals surface area contributed by atoms with E-state index in [1.807, 2.05) is 51.1 Å². The van der Waals surface area contributed by atoms with Crippen LogP contribution in [0.2, 0.25) is 0 Å². The normalized spacial score (nSPS) is 12.9. The van der Waals surface area contributed by atoms with E-state index in [-0.39, 0.29) is 18.1 Å². The Balaban J connectivity index is 1.90. The Morgan fingerprint density at radius 3 is 2.19 bits per heavy atom. The van der Waals surface area contributed by atoms with Crippen molar-refractivity contribution in [1.29, 1.82) is 0 Å². The highest BCUT2D eigenvalue weighted by Crippen LogP contribution is 2.17. The molecule has 2 atom stereocenters. The fourth-order valence-electron chi connectivity index (χ4n) is 4.58. The van der Waals surface area contributed by atoms with E-state index >= 15 is 0 Å². The molecule has 3 aromatic rings. The first-order chi connectivity index (χ1) is 19.8. The summed E-state index contributed by atoms with van der Waals surface area (Å²) in [6, 6.07) is 10.7. The van der Waals surface area contributed by atoms with E-state index in [9.17, 15) is 22.8 Å². The third-order valence-electron chi connectivity index (χ3n) is 6.88. The number of sulfonamides is 1. The van der Waals surface area contributed by atoms with Gasteiger partial charge >= 0.3 is 0 Å². The van der Waals surface area contributed by atoms with E-state index in [0.29, 0.717) is 18.4 Å². The number of aromatic nitrogens is 3. The Bertz CT molecular complexity index is 1470. The van der Waals surface area contributed by atoms with Crippen LogP contribution >= 0.6 is 0 Å². The van der Waals surface area contributed by atoms with Crippen LogP contribution in [-0.4, -0.2) is 70.7 Å². The molecule has 0 aliphatic rings. The average molecular weight is 597 g/mol. The molecule has 2 N–H and O–H groups in total. The van der Waals surface area contributed by atoms with Crippen LogP contribution in [0.1, 0.15) is 60.7 Å². The van der Waals surface area contributed by atoms with Crippen molar-refractivity contribution in [2.24, 2.45) is 5.92 Å². The number of unbranched alkanes of at least 4 members (excludes halogenated alkanes) is 1. The van der Waals surface area contributed by atoms with Crippen LogP contribution < -0.4 is 10.0 Å². The minimum atomic E-state index is -3.85. The number of carbonyl (C=O) groups excluding carboxylic acids is 3. The minimum Gasteiger partial charge on any atom is -0.342 e. The zero-order chi connectivity index (χ0) is 31.0. The maximum absolute atomic E-state index is 13.8. The molecule has 0 spiro atoms. The second kappa shape index (κ2) is 14.2. The standard InChI is InChI=1S/C30H40N6O5S/c1-7-8-13-42(40,41)34-29(38)27(20(2)3)33-28(37)26(35(6)30(39)24-15-21(4)14-22(5)16-24)17-23-9-11-25(12-10-23)36-19-31-18-32-36/h9-12,14-16,18-20,26-27H,7-8,13,17H2,1-6H3,(H,33,37)(H,34,38). The van der Waals surface area contributed by atoms with Gasteiger partial charge in [-0.05, 0) is 56.0 Å². The van der Waals surface area contributed by atoms with Gasteiger partial charge in [-0.15, -0.1) is 0 Å². The molecule has 0 bridgehead atoms. The van der Waals surface area contributed by atoms with Crippen molar-refractivity contribution in [2.45, 2.75) is 66.0 Å². The van der Waals surface area contributed by atoms with Crippen molar-refractivity contribution < 1.29 is 22.8 Å². The first-order valence-electron chi connectivity index (χ1n) is 14.0. The van der Waals surface area contributed by atoms with Gasteiger partial charge in [-0.25, -0.2) is 18.1 Å². The van der Waals surface area contributed by atoms with E-state index in [1.54, 1.807) is 44.0 Å². The average Bonchev–Trinajstić information content (AvgIpc) is 3.47. The molecule has 0 aliphatic heterocycles. The molecule has 42 heavy (non-hydrogen) atoms. The number of hydrogen-bond donors (Lipinski definition) is 2. The molecule has 226 valence electrons. The highest BCUT2D eigenvalue weighted by atomic mass is 32.2. The van der Waals surface area contributed by atoms with Gasteiger partial charge in [0.05, 0.1) is 11.4 Å². The van der Waals surface area contributed by atoms with Gasteiger partial charge < -0.3 is 10.2 Å². The topological polar surface area (TPSA) is 143 Å². The number of amides is 3. The predicted octanol–water partition coefficient (Wildman–Crippen LogP) is 2.95. The summed E-state index contributed by atoms with van der Waals surface area (Å²) in [5.41, 5.74) is 3.81. The molecule has 0 saturated carbocycles. The summed E-state index contributed by atoms with van der Waals surface area (Å²) in [5, 5.41) is 6.85. The lowest BCUT2D eigenvalue weighted by Crippen LogP contribution is -2.57. The molecular weight excluding hydrogens is 556 g/mol. The molecule has 3 amide bonds. The molecule has 0 aliphatic carbocycles. The summed E-state index contributed by atoms with van der Waals surface area (Å²) in [7, 11) is -2.30. The lowest BCUT2D eigenvalue weighted by molar-refractivity contribution is -0.131. The van der Waals surface area contributed by atoms with E-state index in [4.69, 9.17) is 0 Å². The first kappa shape index (κ1) is 32.5. The summed E-state index contributed by atoms with van der Waals surface area (Å²) in [5.74, 6) is -2.34. The van der Waals surface area contributed by atoms with Crippen molar-refractivity contribution in [2.75, 3.05) is 12.8 Å². The third kappa shape index (κ3) is 8.72. The maximum atomic E-state index is 13.8. The van der Waals surface area contributed by atoms with E-state index in [1.165, 1.54) is 11.2 Å². The monoisotopic (exact) mass is 596 g/mol. The van der Waals surface area contributed by atoms with Crippen LogP contribution in [0.15, 0.2) is 55.1 Å². The van der Waals surface area contributed by atoms with E-state index < -0.39 is 39.8 Å². The number of benzene rings is 2. The van der Waals surface area contributed by atoms with Crippen molar-refractivity contribution in [1.82, 2.24) is 29.7 Å². The predicted molar refractivity (Wildman–Crippen MR) is 160 cm³/mol. The van der Waals surface area contributed by atoms with E-state index in [0.717, 1.165) is 22.4 Å². The number of nitrogens with one attached hydrogen (secondary N) is 2. The molecule has 0 radical (unpaired) electrons. The largest absolute Gasteiger partial charge is 0.342 e. The fraction of sp³-hybridized carbons (Fsp3) is 0.433. The van der Waals surface area contributed by atoms with Crippen LogP contribution in [-0.2, 0) is 26.0 Å². The molecule has 2 aromatic carbocycles. The summed E-state index contributed by atoms with van der Waals surface area (Å²) >= 11 is 0. The molecule has 2 unspecified atom stereocenters. The lowest BCUT2D eigenvalue weighted by atomic mass is 9.99. The quantitative estimate of drug-likeness (QED) is 0.309. The van der Waals surface area contributed by atoms with Gasteiger partial charge in [0.25, 0.3) is 11.8 Å². The van der Waals surface area contributed by atoms with E-state index in [2.05, 4.69) is 20.1 Å². The minimum absolute atomic E-state index is 0.151. The molecule has 0 fully saturated rings. The van der Waals surface area contributed by atoms with Crippen molar-refractivity contribution in [3.05, 3.63) is 77.4 Å². The summed E-state index contributed by atoms with van der Waals surface area (Å²) in [6.45, 7) is 9.07. The molecule has 1 aromatic heterocycles. The Labute approximate surface area is 247 Å². The van der Waals surface area contributed by atoms with Gasteiger partial charge in [0, 0.05) is 19.0 Å². The highest BCUT2D eigenvalue weighted by molar-refractivity contribution is 7.90. The second-order valence-corrected chi connectivity index (χ2v) is 12.7. The van der Waals surface area contributed by atoms with Crippen molar-refractivity contribution in [3.8, 4) is 5.69 Å². The number of rotatable bonds is 13. The molecular formula is C30H40N6O5S. The van der Waals surface area contributed by atoms with Gasteiger partial charge in [0.1, 0.15) is 24.7 Å². The Kier molecular flexibility index (Phi) is 11.0. The summed E-state index contributed by atoms with van der Waals surface area (Å²) in [6.07, 6.45) is 4.21. The number of nitrogens with zero attached hydrogens (tertiary/aromatic N) is 4. The fourth-order valence-corrected chi connectivity index (χ4v) is 5.79. The van der Waals surface area contributed by atoms with Crippen LogP contribution in [0.3, 0.4) is 0 Å². The Morgan fingerprint density at radius 2 is 1.64 bits per heavy atom. The van der Waals surface area contributed by atoms with Crippen LogP contribution in [0.25, 0.3) is 5.69 Å². The molecule has 11 nitrogen and oxygen atoms in total. The van der Waals surface area contributed by atoms with Gasteiger partial charge in [0.2, 0.25) is 15.9 Å².